The molecule has 1 saturated heterocycles. The first-order valence-electron chi connectivity index (χ1n) is 5.18. The average molecular weight is 240 g/mol. The summed E-state index contributed by atoms with van der Waals surface area (Å²) in [5.74, 6) is 2.50. The molecule has 1 heterocycles. The van der Waals surface area contributed by atoms with Crippen molar-refractivity contribution in [1.82, 2.24) is 0 Å². The van der Waals surface area contributed by atoms with Gasteiger partial charge >= 0.3 is 0 Å². The quantitative estimate of drug-likeness (QED) is 0.550. The van der Waals surface area contributed by atoms with Crippen LogP contribution < -0.4 is 11.1 Å². The Balaban J connectivity index is 2.03. The van der Waals surface area contributed by atoms with Gasteiger partial charge in [0, 0.05) is 10.9 Å². The molecular formula is C11H16N2S2. The number of nitrogen functional groups attached to an aromatic ring is 1. The van der Waals surface area contributed by atoms with Crippen LogP contribution in [0.3, 0.4) is 0 Å². The number of thioether (sulfide) groups is 1. The molecule has 1 aliphatic heterocycles. The Morgan fingerprint density at radius 2 is 2.07 bits per heavy atom. The van der Waals surface area contributed by atoms with Crippen molar-refractivity contribution in [3.8, 4) is 0 Å². The molecule has 3 N–H and O–H groups in total. The molecule has 0 bridgehead atoms. The predicted molar refractivity (Wildman–Crippen MR) is 72.1 cm³/mol. The van der Waals surface area contributed by atoms with Gasteiger partial charge in [-0.15, -0.1) is 12.6 Å². The van der Waals surface area contributed by atoms with E-state index in [2.05, 4.69) is 17.9 Å². The van der Waals surface area contributed by atoms with E-state index < -0.39 is 0 Å². The van der Waals surface area contributed by atoms with Gasteiger partial charge < -0.3 is 11.1 Å². The second-order valence-corrected chi connectivity index (χ2v) is 5.54. The molecule has 15 heavy (non-hydrogen) atoms. The van der Waals surface area contributed by atoms with Crippen molar-refractivity contribution in [2.75, 3.05) is 22.6 Å². The molecule has 1 aliphatic rings. The zero-order valence-corrected chi connectivity index (χ0v) is 10.3. The summed E-state index contributed by atoms with van der Waals surface area (Å²) in [4.78, 5) is 0.914. The van der Waals surface area contributed by atoms with E-state index in [0.717, 1.165) is 16.3 Å². The highest BCUT2D eigenvalue weighted by Crippen LogP contribution is 2.26. The lowest BCUT2D eigenvalue weighted by Crippen LogP contribution is -2.24. The number of hydrogen-bond donors (Lipinski definition) is 3. The SMILES string of the molecule is Nc1cc(S)ccc1NC1CCSCC1. The Morgan fingerprint density at radius 3 is 2.73 bits per heavy atom. The van der Waals surface area contributed by atoms with Crippen LogP contribution in [0, 0.1) is 0 Å². The third-order valence-corrected chi connectivity index (χ3v) is 3.94. The van der Waals surface area contributed by atoms with E-state index in [-0.39, 0.29) is 0 Å². The lowest BCUT2D eigenvalue weighted by Gasteiger charge is -2.24. The van der Waals surface area contributed by atoms with Crippen molar-refractivity contribution < 1.29 is 0 Å². The summed E-state index contributed by atoms with van der Waals surface area (Å²) < 4.78 is 0. The summed E-state index contributed by atoms with van der Waals surface area (Å²) in [6.45, 7) is 0. The lowest BCUT2D eigenvalue weighted by atomic mass is 10.1. The van der Waals surface area contributed by atoms with Crippen molar-refractivity contribution in [2.24, 2.45) is 0 Å². The van der Waals surface area contributed by atoms with E-state index in [9.17, 15) is 0 Å². The highest BCUT2D eigenvalue weighted by molar-refractivity contribution is 7.99. The van der Waals surface area contributed by atoms with Gasteiger partial charge in [-0.2, -0.15) is 11.8 Å². The maximum atomic E-state index is 5.92. The Labute approximate surface area is 100 Å². The van der Waals surface area contributed by atoms with Gasteiger partial charge in [-0.3, -0.25) is 0 Å². The average Bonchev–Trinajstić information content (AvgIpc) is 2.24. The molecule has 0 saturated carbocycles. The van der Waals surface area contributed by atoms with Gasteiger partial charge in [-0.1, -0.05) is 0 Å². The van der Waals surface area contributed by atoms with Crippen LogP contribution in [0.15, 0.2) is 23.1 Å². The monoisotopic (exact) mass is 240 g/mol. The van der Waals surface area contributed by atoms with Gasteiger partial charge in [0.1, 0.15) is 0 Å². The molecule has 0 atom stereocenters. The number of thiol groups is 1. The highest BCUT2D eigenvalue weighted by Gasteiger charge is 2.13. The molecule has 1 aromatic carbocycles. The summed E-state index contributed by atoms with van der Waals surface area (Å²) in [5.41, 5.74) is 7.76. The number of hydrogen-bond acceptors (Lipinski definition) is 4. The first-order valence-corrected chi connectivity index (χ1v) is 6.78. The van der Waals surface area contributed by atoms with Crippen molar-refractivity contribution >= 4 is 35.8 Å². The van der Waals surface area contributed by atoms with Crippen molar-refractivity contribution in [3.05, 3.63) is 18.2 Å². The van der Waals surface area contributed by atoms with Crippen LogP contribution in [0.5, 0.6) is 0 Å². The van der Waals surface area contributed by atoms with Crippen molar-refractivity contribution in [1.29, 1.82) is 0 Å². The van der Waals surface area contributed by atoms with Crippen molar-refractivity contribution in [2.45, 2.75) is 23.8 Å². The van der Waals surface area contributed by atoms with E-state index in [1.54, 1.807) is 0 Å². The fraction of sp³-hybridized carbons (Fsp3) is 0.455. The molecule has 4 heteroatoms. The molecule has 82 valence electrons. The Morgan fingerprint density at radius 1 is 1.33 bits per heavy atom. The van der Waals surface area contributed by atoms with Crippen LogP contribution in [-0.4, -0.2) is 17.5 Å². The lowest BCUT2D eigenvalue weighted by molar-refractivity contribution is 0.667. The Hall–Kier alpha value is -0.480. The summed E-state index contributed by atoms with van der Waals surface area (Å²) in [5, 5.41) is 3.50. The second-order valence-electron chi connectivity index (χ2n) is 3.80. The number of anilines is 2. The second kappa shape index (κ2) is 5.03. The molecule has 2 nitrogen and oxygen atoms in total. The molecular weight excluding hydrogens is 224 g/mol. The fourth-order valence-corrected chi connectivity index (χ4v) is 3.06. The molecule has 1 aromatic rings. The topological polar surface area (TPSA) is 38.0 Å². The van der Waals surface area contributed by atoms with E-state index >= 15 is 0 Å². The molecule has 0 amide bonds. The van der Waals surface area contributed by atoms with Crippen LogP contribution in [0.4, 0.5) is 11.4 Å². The first kappa shape index (κ1) is 11.0. The van der Waals surface area contributed by atoms with E-state index in [4.69, 9.17) is 5.73 Å². The van der Waals surface area contributed by atoms with Crippen LogP contribution in [0.2, 0.25) is 0 Å². The van der Waals surface area contributed by atoms with Gasteiger partial charge in [0.15, 0.2) is 0 Å². The molecule has 0 radical (unpaired) electrons. The summed E-state index contributed by atoms with van der Waals surface area (Å²) in [6, 6.07) is 6.46. The minimum absolute atomic E-state index is 0.583. The Kier molecular flexibility index (Phi) is 3.70. The third-order valence-electron chi connectivity index (χ3n) is 2.62. The zero-order chi connectivity index (χ0) is 10.7. The number of nitrogens with two attached hydrogens (primary N) is 1. The van der Waals surface area contributed by atoms with Gasteiger partial charge in [0.25, 0.3) is 0 Å². The highest BCUT2D eigenvalue weighted by atomic mass is 32.2. The smallest absolute Gasteiger partial charge is 0.0576 e. The van der Waals surface area contributed by atoms with Crippen LogP contribution in [0.25, 0.3) is 0 Å². The zero-order valence-electron chi connectivity index (χ0n) is 8.57. The van der Waals surface area contributed by atoms with E-state index in [0.29, 0.717) is 6.04 Å². The molecule has 0 spiro atoms. The largest absolute Gasteiger partial charge is 0.397 e. The molecule has 0 aromatic heterocycles. The van der Waals surface area contributed by atoms with Gasteiger partial charge in [-0.05, 0) is 42.5 Å². The maximum Gasteiger partial charge on any atom is 0.0576 e. The predicted octanol–water partition coefficient (Wildman–Crippen LogP) is 2.87. The summed E-state index contributed by atoms with van der Waals surface area (Å²) in [7, 11) is 0. The van der Waals surface area contributed by atoms with Crippen LogP contribution in [0.1, 0.15) is 12.8 Å². The molecule has 0 aliphatic carbocycles. The standard InChI is InChI=1S/C11H16N2S2/c12-10-7-9(14)1-2-11(10)13-8-3-5-15-6-4-8/h1-2,7-8,13-14H,3-6,12H2. The number of rotatable bonds is 2. The molecule has 1 fully saturated rings. The van der Waals surface area contributed by atoms with E-state index in [1.807, 2.05) is 30.0 Å². The van der Waals surface area contributed by atoms with Crippen molar-refractivity contribution in [3.63, 3.8) is 0 Å². The number of nitrogens with one attached hydrogen (secondary N) is 1. The number of benzene rings is 1. The van der Waals surface area contributed by atoms with Gasteiger partial charge in [0.2, 0.25) is 0 Å². The van der Waals surface area contributed by atoms with E-state index in [1.165, 1.54) is 24.3 Å². The summed E-state index contributed by atoms with van der Waals surface area (Å²) >= 11 is 6.29. The molecule has 2 rings (SSSR count). The first-order chi connectivity index (χ1) is 7.25. The minimum Gasteiger partial charge on any atom is -0.397 e. The van der Waals surface area contributed by atoms with Crippen LogP contribution >= 0.6 is 24.4 Å². The van der Waals surface area contributed by atoms with Gasteiger partial charge in [-0.25, -0.2) is 0 Å². The summed E-state index contributed by atoms with van der Waals surface area (Å²) in [6.07, 6.45) is 2.46. The minimum atomic E-state index is 0.583. The van der Waals surface area contributed by atoms with Gasteiger partial charge in [0.05, 0.1) is 11.4 Å². The molecule has 0 unspecified atom stereocenters. The maximum absolute atomic E-state index is 5.92. The van der Waals surface area contributed by atoms with Crippen LogP contribution in [-0.2, 0) is 0 Å². The fourth-order valence-electron chi connectivity index (χ4n) is 1.74. The third kappa shape index (κ3) is 2.98. The Bertz CT molecular complexity index is 335. The normalized spacial score (nSPS) is 17.7.